The van der Waals surface area contributed by atoms with Gasteiger partial charge in [-0.3, -0.25) is 4.79 Å². The van der Waals surface area contributed by atoms with Crippen LogP contribution in [0.25, 0.3) is 22.1 Å². The number of aromatic nitrogens is 2. The third kappa shape index (κ3) is 2.79. The van der Waals surface area contributed by atoms with Crippen molar-refractivity contribution >= 4 is 33.4 Å². The summed E-state index contributed by atoms with van der Waals surface area (Å²) in [6.45, 7) is 4.08. The molecule has 2 heterocycles. The first-order valence-corrected chi connectivity index (χ1v) is 9.52. The summed E-state index contributed by atoms with van der Waals surface area (Å²) < 4.78 is 18.4. The highest BCUT2D eigenvalue weighted by Gasteiger charge is 2.15. The van der Waals surface area contributed by atoms with E-state index in [1.165, 1.54) is 11.3 Å². The molecule has 7 heteroatoms. The van der Waals surface area contributed by atoms with Gasteiger partial charge in [-0.2, -0.15) is 0 Å². The fourth-order valence-electron chi connectivity index (χ4n) is 3.25. The summed E-state index contributed by atoms with van der Waals surface area (Å²) in [7, 11) is 4.69. The van der Waals surface area contributed by atoms with E-state index in [2.05, 4.69) is 4.98 Å². The number of nitrogens with zero attached hydrogens (tertiary/aromatic N) is 2. The molecule has 0 unspecified atom stereocenters. The average molecular weight is 396 g/mol. The molecule has 0 saturated carbocycles. The van der Waals surface area contributed by atoms with Gasteiger partial charge in [-0.05, 0) is 60.9 Å². The van der Waals surface area contributed by atoms with Crippen LogP contribution in [0.5, 0.6) is 17.2 Å². The lowest BCUT2D eigenvalue weighted by atomic mass is 10.1. The number of ether oxygens (including phenoxy) is 3. The Morgan fingerprint density at radius 1 is 0.964 bits per heavy atom. The lowest BCUT2D eigenvalue weighted by Gasteiger charge is -2.12. The Kier molecular flexibility index (Phi) is 4.47. The molecule has 144 valence electrons. The molecule has 28 heavy (non-hydrogen) atoms. The summed E-state index contributed by atoms with van der Waals surface area (Å²) in [5.74, 6) is 1.60. The molecule has 2 aromatic heterocycles. The van der Waals surface area contributed by atoms with E-state index in [0.717, 1.165) is 27.7 Å². The molecule has 0 saturated heterocycles. The molecule has 0 fully saturated rings. The predicted octanol–water partition coefficient (Wildman–Crippen LogP) is 3.10. The first-order chi connectivity index (χ1) is 13.5. The van der Waals surface area contributed by atoms with Gasteiger partial charge in [-0.25, -0.2) is 9.38 Å². The highest BCUT2D eigenvalue weighted by molar-refractivity contribution is 7.15. The molecule has 2 aromatic carbocycles. The number of rotatable bonds is 4. The van der Waals surface area contributed by atoms with E-state index in [0.29, 0.717) is 26.7 Å². The average Bonchev–Trinajstić information content (AvgIpc) is 3.17. The van der Waals surface area contributed by atoms with E-state index in [-0.39, 0.29) is 5.56 Å². The normalized spacial score (nSPS) is 12.1. The Balaban J connectivity index is 1.95. The molecule has 0 aliphatic carbocycles. The third-order valence-corrected chi connectivity index (χ3v) is 5.81. The molecular formula is C21H20N2O4S. The maximum atomic E-state index is 13.1. The molecular weight excluding hydrogens is 376 g/mol. The topological polar surface area (TPSA) is 62.1 Å². The lowest BCUT2D eigenvalue weighted by Crippen LogP contribution is -2.22. The van der Waals surface area contributed by atoms with Gasteiger partial charge < -0.3 is 14.2 Å². The number of thiazole rings is 1. The van der Waals surface area contributed by atoms with Crippen LogP contribution in [0.4, 0.5) is 0 Å². The fraction of sp³-hybridized carbons (Fsp3) is 0.238. The third-order valence-electron chi connectivity index (χ3n) is 4.84. The molecule has 4 aromatic rings. The van der Waals surface area contributed by atoms with E-state index < -0.39 is 0 Å². The molecule has 0 bridgehead atoms. The van der Waals surface area contributed by atoms with Crippen LogP contribution in [0.3, 0.4) is 0 Å². The zero-order chi connectivity index (χ0) is 20.0. The highest BCUT2D eigenvalue weighted by atomic mass is 32.1. The minimum absolute atomic E-state index is 0.0838. The summed E-state index contributed by atoms with van der Waals surface area (Å²) in [5.41, 5.74) is 4.67. The van der Waals surface area contributed by atoms with E-state index in [1.807, 2.05) is 44.2 Å². The number of hydrogen-bond acceptors (Lipinski definition) is 6. The first-order valence-electron chi connectivity index (χ1n) is 8.70. The van der Waals surface area contributed by atoms with Crippen LogP contribution >= 0.6 is 11.3 Å². The maximum Gasteiger partial charge on any atom is 0.274 e. The predicted molar refractivity (Wildman–Crippen MR) is 111 cm³/mol. The summed E-state index contributed by atoms with van der Waals surface area (Å²) >= 11 is 1.36. The second-order valence-electron chi connectivity index (χ2n) is 6.53. The fourth-order valence-corrected chi connectivity index (χ4v) is 4.24. The molecule has 0 spiro atoms. The van der Waals surface area contributed by atoms with E-state index in [9.17, 15) is 4.79 Å². The first kappa shape index (κ1) is 18.3. The molecule has 6 nitrogen and oxygen atoms in total. The summed E-state index contributed by atoms with van der Waals surface area (Å²) in [6.07, 6.45) is 1.82. The summed E-state index contributed by atoms with van der Waals surface area (Å²) in [4.78, 5) is 18.4. The van der Waals surface area contributed by atoms with Crippen molar-refractivity contribution in [2.45, 2.75) is 13.8 Å². The Morgan fingerprint density at radius 3 is 2.21 bits per heavy atom. The molecule has 0 atom stereocenters. The van der Waals surface area contributed by atoms with Gasteiger partial charge in [0, 0.05) is 0 Å². The molecule has 4 rings (SSSR count). The van der Waals surface area contributed by atoms with E-state index in [1.54, 1.807) is 25.7 Å². The van der Waals surface area contributed by atoms with Gasteiger partial charge in [-0.1, -0.05) is 11.3 Å². The van der Waals surface area contributed by atoms with Gasteiger partial charge in [0.25, 0.3) is 5.56 Å². The van der Waals surface area contributed by atoms with Crippen molar-refractivity contribution in [1.82, 2.24) is 9.38 Å². The number of aryl methyl sites for hydroxylation is 2. The number of imidazole rings is 1. The highest BCUT2D eigenvalue weighted by Crippen LogP contribution is 2.38. The van der Waals surface area contributed by atoms with Gasteiger partial charge in [0.1, 0.15) is 0 Å². The lowest BCUT2D eigenvalue weighted by molar-refractivity contribution is 0.324. The molecule has 0 aliphatic heterocycles. The van der Waals surface area contributed by atoms with Crippen LogP contribution in [0.1, 0.15) is 16.7 Å². The molecule has 0 amide bonds. The van der Waals surface area contributed by atoms with Crippen molar-refractivity contribution in [1.29, 1.82) is 0 Å². The summed E-state index contributed by atoms with van der Waals surface area (Å²) in [5, 5.41) is 0. The van der Waals surface area contributed by atoms with Crippen LogP contribution in [0.2, 0.25) is 0 Å². The van der Waals surface area contributed by atoms with Gasteiger partial charge in [-0.15, -0.1) is 0 Å². The zero-order valence-corrected chi connectivity index (χ0v) is 17.1. The van der Waals surface area contributed by atoms with Gasteiger partial charge in [0.15, 0.2) is 16.5 Å². The van der Waals surface area contributed by atoms with Crippen LogP contribution in [-0.4, -0.2) is 30.7 Å². The number of fused-ring (bicyclic) bond motifs is 3. The minimum Gasteiger partial charge on any atom is -0.493 e. The van der Waals surface area contributed by atoms with Crippen LogP contribution < -0.4 is 24.3 Å². The largest absolute Gasteiger partial charge is 0.493 e. The van der Waals surface area contributed by atoms with Gasteiger partial charge in [0.05, 0.1) is 36.9 Å². The Morgan fingerprint density at radius 2 is 1.61 bits per heavy atom. The van der Waals surface area contributed by atoms with Crippen LogP contribution in [-0.2, 0) is 0 Å². The standard InChI is InChI=1S/C21H20N2O4S/c1-11-6-14-15(7-12(11)2)23-20(24)18(28-21(23)22-14)10-13-8-16(25-3)19(27-5)17(9-13)26-4/h6-10H,1-5H3/b18-10+. The van der Waals surface area contributed by atoms with Crippen LogP contribution in [0, 0.1) is 13.8 Å². The van der Waals surface area contributed by atoms with E-state index >= 15 is 0 Å². The summed E-state index contributed by atoms with van der Waals surface area (Å²) in [6, 6.07) is 7.66. The Hall–Kier alpha value is -3.06. The second kappa shape index (κ2) is 6.83. The van der Waals surface area contributed by atoms with Gasteiger partial charge in [0.2, 0.25) is 5.75 Å². The quantitative estimate of drug-likeness (QED) is 0.530. The van der Waals surface area contributed by atoms with Crippen molar-refractivity contribution < 1.29 is 14.2 Å². The maximum absolute atomic E-state index is 13.1. The zero-order valence-electron chi connectivity index (χ0n) is 16.3. The second-order valence-corrected chi connectivity index (χ2v) is 7.54. The monoisotopic (exact) mass is 396 g/mol. The Bertz CT molecular complexity index is 1300. The van der Waals surface area contributed by atoms with Crippen molar-refractivity contribution in [3.63, 3.8) is 0 Å². The smallest absolute Gasteiger partial charge is 0.274 e. The van der Waals surface area contributed by atoms with E-state index in [4.69, 9.17) is 14.2 Å². The number of methoxy groups -OCH3 is 3. The van der Waals surface area contributed by atoms with Crippen molar-refractivity contribution in [2.24, 2.45) is 0 Å². The van der Waals surface area contributed by atoms with Crippen molar-refractivity contribution in [3.05, 3.63) is 55.8 Å². The molecule has 0 radical (unpaired) electrons. The van der Waals surface area contributed by atoms with Crippen LogP contribution in [0.15, 0.2) is 29.1 Å². The number of hydrogen-bond donors (Lipinski definition) is 0. The Labute approximate surface area is 165 Å². The van der Waals surface area contributed by atoms with Crippen molar-refractivity contribution in [3.8, 4) is 17.2 Å². The minimum atomic E-state index is -0.0838. The molecule has 0 N–H and O–H groups in total. The number of benzene rings is 2. The van der Waals surface area contributed by atoms with Gasteiger partial charge >= 0.3 is 0 Å². The molecule has 0 aliphatic rings. The van der Waals surface area contributed by atoms with Crippen molar-refractivity contribution in [2.75, 3.05) is 21.3 Å². The SMILES string of the molecule is COc1cc(/C=c2/sc3nc4cc(C)c(C)cc4n3c2=O)cc(OC)c1OC.